The van der Waals surface area contributed by atoms with Crippen LogP contribution < -0.4 is 15.8 Å². The first kappa shape index (κ1) is 29.0. The first-order valence-electron chi connectivity index (χ1n) is 13.9. The van der Waals surface area contributed by atoms with Crippen LogP contribution >= 0.6 is 23.2 Å². The minimum absolute atomic E-state index is 0.0357. The van der Waals surface area contributed by atoms with Crippen molar-refractivity contribution >= 4 is 45.1 Å². The smallest absolute Gasteiger partial charge is 0.416 e. The molecule has 1 amide bonds. The Hall–Kier alpha value is -2.06. The summed E-state index contributed by atoms with van der Waals surface area (Å²) in [7, 11) is -3.26. The van der Waals surface area contributed by atoms with Gasteiger partial charge in [0.05, 0.1) is 41.1 Å². The van der Waals surface area contributed by atoms with Crippen molar-refractivity contribution in [2.45, 2.75) is 68.9 Å². The number of pyridine rings is 2. The van der Waals surface area contributed by atoms with Gasteiger partial charge in [-0.05, 0) is 43.7 Å². The standard InChI is InChI=1S/C27H34Cl2N6O5S/c1-16(24-20(28)13-30-14-21(24)29)39-18-4-5-22-19(11-18)25(33-32-22)17-3-6-23(31-12-17)35-15-27(40-26(35)36)7-9-34(10-8-27)41(2,37)38/h3,6,12-14,16,18-19,22,25,32-33H,4-5,7-11,15H2,1-2H3/t16-,18?,19?,22?,25?/m1/s1. The first-order chi connectivity index (χ1) is 19.5. The Kier molecular flexibility index (Phi) is 7.94. The van der Waals surface area contributed by atoms with Crippen LogP contribution in [-0.4, -0.2) is 72.4 Å². The number of piperidine rings is 1. The van der Waals surface area contributed by atoms with Gasteiger partial charge in [0.15, 0.2) is 0 Å². The Balaban J connectivity index is 1.10. The normalized spacial score (nSPS) is 29.0. The van der Waals surface area contributed by atoms with Gasteiger partial charge in [0.25, 0.3) is 0 Å². The van der Waals surface area contributed by atoms with Crippen LogP contribution in [0.4, 0.5) is 10.6 Å². The molecular formula is C27H34Cl2N6O5S. The number of anilines is 1. The maximum Gasteiger partial charge on any atom is 0.416 e. The summed E-state index contributed by atoms with van der Waals surface area (Å²) in [6.07, 6.45) is 9.18. The zero-order chi connectivity index (χ0) is 28.9. The molecule has 41 heavy (non-hydrogen) atoms. The molecule has 5 heterocycles. The summed E-state index contributed by atoms with van der Waals surface area (Å²) >= 11 is 12.7. The highest BCUT2D eigenvalue weighted by Gasteiger charge is 2.49. The van der Waals surface area contributed by atoms with E-state index >= 15 is 0 Å². The number of carbonyl (C=O) groups is 1. The molecule has 3 aliphatic heterocycles. The second kappa shape index (κ2) is 11.2. The Morgan fingerprint density at radius 3 is 2.51 bits per heavy atom. The zero-order valence-electron chi connectivity index (χ0n) is 22.9. The lowest BCUT2D eigenvalue weighted by Gasteiger charge is -2.36. The number of carbonyl (C=O) groups excluding carboxylic acids is 1. The molecule has 6 rings (SSSR count). The van der Waals surface area contributed by atoms with Crippen LogP contribution in [0.5, 0.6) is 0 Å². The van der Waals surface area contributed by atoms with Crippen molar-refractivity contribution in [3.8, 4) is 0 Å². The lowest BCUT2D eigenvalue weighted by molar-refractivity contribution is -0.0370. The van der Waals surface area contributed by atoms with E-state index in [2.05, 4.69) is 20.8 Å². The quantitative estimate of drug-likeness (QED) is 0.490. The molecule has 4 aliphatic rings. The third-order valence-corrected chi connectivity index (χ3v) is 10.8. The predicted molar refractivity (Wildman–Crippen MR) is 154 cm³/mol. The maximum atomic E-state index is 12.8. The Bertz CT molecular complexity index is 1390. The lowest BCUT2D eigenvalue weighted by Crippen LogP contribution is -2.48. The third-order valence-electron chi connectivity index (χ3n) is 8.88. The number of nitrogens with one attached hydrogen (secondary N) is 2. The predicted octanol–water partition coefficient (Wildman–Crippen LogP) is 4.00. The minimum Gasteiger partial charge on any atom is -0.440 e. The zero-order valence-corrected chi connectivity index (χ0v) is 25.3. The summed E-state index contributed by atoms with van der Waals surface area (Å²) in [6.45, 7) is 2.99. The van der Waals surface area contributed by atoms with Crippen molar-refractivity contribution in [1.29, 1.82) is 0 Å². The highest BCUT2D eigenvalue weighted by atomic mass is 35.5. The molecule has 2 aromatic rings. The second-order valence-electron chi connectivity index (χ2n) is 11.5. The molecule has 2 N–H and O–H groups in total. The van der Waals surface area contributed by atoms with Crippen LogP contribution in [0.25, 0.3) is 0 Å². The van der Waals surface area contributed by atoms with E-state index in [9.17, 15) is 13.2 Å². The van der Waals surface area contributed by atoms with E-state index < -0.39 is 21.7 Å². The number of amides is 1. The Morgan fingerprint density at radius 2 is 1.85 bits per heavy atom. The molecule has 0 bridgehead atoms. The second-order valence-corrected chi connectivity index (χ2v) is 14.3. The van der Waals surface area contributed by atoms with Crippen molar-refractivity contribution in [2.75, 3.05) is 30.8 Å². The molecule has 5 atom stereocenters. The minimum atomic E-state index is -3.26. The Labute approximate surface area is 249 Å². The molecule has 3 saturated heterocycles. The fourth-order valence-corrected chi connectivity index (χ4v) is 8.18. The van der Waals surface area contributed by atoms with E-state index in [1.807, 2.05) is 25.3 Å². The van der Waals surface area contributed by atoms with Crippen molar-refractivity contribution in [2.24, 2.45) is 5.92 Å². The summed E-state index contributed by atoms with van der Waals surface area (Å²) < 4.78 is 37.4. The van der Waals surface area contributed by atoms with Crippen LogP contribution in [0.3, 0.4) is 0 Å². The van der Waals surface area contributed by atoms with E-state index in [-0.39, 0.29) is 24.2 Å². The average Bonchev–Trinajstić information content (AvgIpc) is 3.49. The number of aromatic nitrogens is 2. The molecule has 11 nitrogen and oxygen atoms in total. The van der Waals surface area contributed by atoms with E-state index in [1.165, 1.54) is 10.6 Å². The number of ether oxygens (including phenoxy) is 2. The number of fused-ring (bicyclic) bond motifs is 1. The van der Waals surface area contributed by atoms with E-state index in [4.69, 9.17) is 32.7 Å². The number of hydrazine groups is 1. The molecule has 1 saturated carbocycles. The molecule has 14 heteroatoms. The maximum absolute atomic E-state index is 12.8. The van der Waals surface area contributed by atoms with E-state index in [0.717, 1.165) is 30.4 Å². The molecule has 222 valence electrons. The number of sulfonamides is 1. The monoisotopic (exact) mass is 624 g/mol. The largest absolute Gasteiger partial charge is 0.440 e. The highest BCUT2D eigenvalue weighted by Crippen LogP contribution is 2.42. The van der Waals surface area contributed by atoms with Gasteiger partial charge in [-0.1, -0.05) is 29.3 Å². The van der Waals surface area contributed by atoms with Gasteiger partial charge in [-0.3, -0.25) is 15.3 Å². The van der Waals surface area contributed by atoms with Gasteiger partial charge in [-0.15, -0.1) is 0 Å². The number of hydrogen-bond donors (Lipinski definition) is 2. The van der Waals surface area contributed by atoms with Crippen molar-refractivity contribution in [3.05, 3.63) is 51.9 Å². The van der Waals surface area contributed by atoms with Crippen LogP contribution in [0, 0.1) is 5.92 Å². The number of rotatable bonds is 6. The van der Waals surface area contributed by atoms with Crippen LogP contribution in [0.1, 0.15) is 62.3 Å². The number of hydrogen-bond acceptors (Lipinski definition) is 9. The van der Waals surface area contributed by atoms with Gasteiger partial charge in [-0.25, -0.2) is 27.9 Å². The molecule has 2 aromatic heterocycles. The van der Waals surface area contributed by atoms with Gasteiger partial charge in [0.2, 0.25) is 10.0 Å². The SMILES string of the molecule is C[C@@H](OC1CCC2NNC(c3ccc(N4CC5(CCN(S(C)(=O)=O)CC5)OC4=O)nc3)C2C1)c1c(Cl)cncc1Cl. The molecular weight excluding hydrogens is 591 g/mol. The summed E-state index contributed by atoms with van der Waals surface area (Å²) in [5.74, 6) is 0.811. The molecule has 4 fully saturated rings. The summed E-state index contributed by atoms with van der Waals surface area (Å²) in [6, 6.07) is 4.20. The summed E-state index contributed by atoms with van der Waals surface area (Å²) in [5.41, 5.74) is 7.97. The molecule has 4 unspecified atom stereocenters. The average molecular weight is 626 g/mol. The van der Waals surface area contributed by atoms with Gasteiger partial charge in [0, 0.05) is 56.1 Å². The van der Waals surface area contributed by atoms with Crippen molar-refractivity contribution in [3.63, 3.8) is 0 Å². The Morgan fingerprint density at radius 1 is 1.12 bits per heavy atom. The fraction of sp³-hybridized carbons (Fsp3) is 0.593. The van der Waals surface area contributed by atoms with Gasteiger partial charge >= 0.3 is 6.09 Å². The van der Waals surface area contributed by atoms with Crippen LogP contribution in [0.15, 0.2) is 30.7 Å². The van der Waals surface area contributed by atoms with E-state index in [1.54, 1.807) is 17.3 Å². The number of nitrogens with zero attached hydrogens (tertiary/aromatic N) is 4. The topological polar surface area (TPSA) is 126 Å². The summed E-state index contributed by atoms with van der Waals surface area (Å²) in [5, 5.41) is 0.998. The highest BCUT2D eigenvalue weighted by molar-refractivity contribution is 7.88. The summed E-state index contributed by atoms with van der Waals surface area (Å²) in [4.78, 5) is 23.0. The first-order valence-corrected chi connectivity index (χ1v) is 16.5. The van der Waals surface area contributed by atoms with Gasteiger partial charge in [0.1, 0.15) is 11.4 Å². The van der Waals surface area contributed by atoms with E-state index in [0.29, 0.717) is 54.4 Å². The van der Waals surface area contributed by atoms with Crippen LogP contribution in [0.2, 0.25) is 10.0 Å². The molecule has 1 aliphatic carbocycles. The fourth-order valence-electron chi connectivity index (χ4n) is 6.66. The molecule has 0 aromatic carbocycles. The van der Waals surface area contributed by atoms with Gasteiger partial charge in [-0.2, -0.15) is 0 Å². The number of halogens is 2. The molecule has 1 spiro atoms. The third kappa shape index (κ3) is 5.80. The van der Waals surface area contributed by atoms with Crippen LogP contribution in [-0.2, 0) is 19.5 Å². The van der Waals surface area contributed by atoms with Crippen molar-refractivity contribution < 1.29 is 22.7 Å². The van der Waals surface area contributed by atoms with Crippen molar-refractivity contribution in [1.82, 2.24) is 25.1 Å². The lowest BCUT2D eigenvalue weighted by atomic mass is 9.78. The molecule has 0 radical (unpaired) electrons. The van der Waals surface area contributed by atoms with Gasteiger partial charge < -0.3 is 9.47 Å².